The number of carbonyl (C=O) groups is 1. The lowest BCUT2D eigenvalue weighted by molar-refractivity contribution is 0.0908. The van der Waals surface area contributed by atoms with E-state index < -0.39 is 0 Å². The summed E-state index contributed by atoms with van der Waals surface area (Å²) in [5.74, 6) is 0.866. The zero-order valence-corrected chi connectivity index (χ0v) is 13.3. The zero-order chi connectivity index (χ0) is 15.1. The van der Waals surface area contributed by atoms with Crippen molar-refractivity contribution in [2.45, 2.75) is 51.5 Å². The first-order valence-electron chi connectivity index (χ1n) is 8.17. The minimum atomic E-state index is 0.158. The van der Waals surface area contributed by atoms with Crippen LogP contribution in [0.5, 0.6) is 5.75 Å². The predicted octanol–water partition coefficient (Wildman–Crippen LogP) is 3.92. The number of nitrogens with zero attached hydrogens (tertiary/aromatic N) is 1. The van der Waals surface area contributed by atoms with E-state index in [0.717, 1.165) is 0 Å². The Hall–Kier alpha value is -1.35. The van der Waals surface area contributed by atoms with Crippen LogP contribution in [-0.4, -0.2) is 36.9 Å². The van der Waals surface area contributed by atoms with Crippen molar-refractivity contribution in [3.8, 4) is 5.75 Å². The van der Waals surface area contributed by atoms with Gasteiger partial charge in [0.05, 0.1) is 18.7 Å². The molecule has 116 valence electrons. The van der Waals surface area contributed by atoms with Crippen LogP contribution < -0.4 is 4.74 Å². The molecule has 0 spiro atoms. The van der Waals surface area contributed by atoms with E-state index in [9.17, 15) is 4.79 Å². The Balaban J connectivity index is 2.00. The fourth-order valence-electron chi connectivity index (χ4n) is 3.12. The molecule has 1 aliphatic carbocycles. The van der Waals surface area contributed by atoms with Gasteiger partial charge in [-0.05, 0) is 38.9 Å². The lowest BCUT2D eigenvalue weighted by Crippen LogP contribution is -2.35. The Bertz CT molecular complexity index is 450. The highest BCUT2D eigenvalue weighted by molar-refractivity contribution is 6.00. The first kappa shape index (κ1) is 16.0. The molecule has 0 aliphatic heterocycles. The van der Waals surface area contributed by atoms with E-state index in [1.54, 1.807) is 0 Å². The van der Waals surface area contributed by atoms with Gasteiger partial charge in [-0.3, -0.25) is 9.69 Å². The molecular weight excluding hydrogens is 262 g/mol. The molecule has 0 atom stereocenters. The van der Waals surface area contributed by atoms with E-state index in [4.69, 9.17) is 4.74 Å². The van der Waals surface area contributed by atoms with Crippen LogP contribution >= 0.6 is 0 Å². The van der Waals surface area contributed by atoms with Gasteiger partial charge in [0.25, 0.3) is 0 Å². The third kappa shape index (κ3) is 4.57. The average molecular weight is 289 g/mol. The summed E-state index contributed by atoms with van der Waals surface area (Å²) in [6.07, 6.45) is 7.70. The Morgan fingerprint density at radius 2 is 1.86 bits per heavy atom. The first-order chi connectivity index (χ1) is 10.2. The number of likely N-dealkylation sites (N-methyl/N-ethyl adjacent to an activating group) is 1. The van der Waals surface area contributed by atoms with Crippen molar-refractivity contribution in [1.29, 1.82) is 0 Å². The average Bonchev–Trinajstić information content (AvgIpc) is 2.77. The Morgan fingerprint density at radius 1 is 1.19 bits per heavy atom. The van der Waals surface area contributed by atoms with E-state index in [-0.39, 0.29) is 5.78 Å². The summed E-state index contributed by atoms with van der Waals surface area (Å²) < 4.78 is 5.57. The van der Waals surface area contributed by atoms with Crippen molar-refractivity contribution in [2.24, 2.45) is 0 Å². The molecule has 0 saturated heterocycles. The predicted molar refractivity (Wildman–Crippen MR) is 86.1 cm³/mol. The molecule has 0 aromatic heterocycles. The molecule has 1 saturated carbocycles. The zero-order valence-electron chi connectivity index (χ0n) is 13.3. The van der Waals surface area contributed by atoms with Gasteiger partial charge in [0.1, 0.15) is 5.75 Å². The topological polar surface area (TPSA) is 29.5 Å². The molecular formula is C18H27NO2. The van der Waals surface area contributed by atoms with Crippen LogP contribution in [-0.2, 0) is 0 Å². The van der Waals surface area contributed by atoms with Gasteiger partial charge >= 0.3 is 0 Å². The number of hydrogen-bond acceptors (Lipinski definition) is 3. The van der Waals surface area contributed by atoms with Crippen molar-refractivity contribution >= 4 is 5.78 Å². The third-order valence-corrected chi connectivity index (χ3v) is 4.33. The first-order valence-corrected chi connectivity index (χ1v) is 8.17. The molecule has 3 nitrogen and oxygen atoms in total. The van der Waals surface area contributed by atoms with Crippen LogP contribution in [0.2, 0.25) is 0 Å². The lowest BCUT2D eigenvalue weighted by Gasteiger charge is -2.26. The number of carbonyl (C=O) groups excluding carboxylic acids is 1. The van der Waals surface area contributed by atoms with E-state index in [2.05, 4.69) is 11.9 Å². The fourth-order valence-corrected chi connectivity index (χ4v) is 3.12. The molecule has 1 aliphatic rings. The van der Waals surface area contributed by atoms with Crippen LogP contribution in [0.4, 0.5) is 0 Å². The SMILES string of the molecule is CCOc1ccccc1C(=O)CN(C)C1CCCCCC1. The highest BCUT2D eigenvalue weighted by Gasteiger charge is 2.20. The number of rotatable bonds is 6. The Kier molecular flexibility index (Phi) is 6.24. The van der Waals surface area contributed by atoms with Crippen molar-refractivity contribution in [3.63, 3.8) is 0 Å². The van der Waals surface area contributed by atoms with Crippen molar-refractivity contribution < 1.29 is 9.53 Å². The quantitative estimate of drug-likeness (QED) is 0.587. The minimum Gasteiger partial charge on any atom is -0.493 e. The highest BCUT2D eigenvalue weighted by Crippen LogP contribution is 2.23. The van der Waals surface area contributed by atoms with Gasteiger partial charge in [0.15, 0.2) is 5.78 Å². The molecule has 1 aromatic rings. The van der Waals surface area contributed by atoms with Crippen LogP contribution in [0.1, 0.15) is 55.8 Å². The summed E-state index contributed by atoms with van der Waals surface area (Å²) in [5, 5.41) is 0. The van der Waals surface area contributed by atoms with E-state index >= 15 is 0 Å². The molecule has 3 heteroatoms. The van der Waals surface area contributed by atoms with Crippen molar-refractivity contribution in [2.75, 3.05) is 20.2 Å². The number of Topliss-reactive ketones (excluding diaryl/α,β-unsaturated/α-hetero) is 1. The number of ether oxygens (including phenoxy) is 1. The van der Waals surface area contributed by atoms with Crippen LogP contribution in [0, 0.1) is 0 Å². The molecule has 2 rings (SSSR count). The van der Waals surface area contributed by atoms with Crippen LogP contribution in [0.25, 0.3) is 0 Å². The maximum absolute atomic E-state index is 12.6. The van der Waals surface area contributed by atoms with Gasteiger partial charge in [-0.25, -0.2) is 0 Å². The van der Waals surface area contributed by atoms with Gasteiger partial charge < -0.3 is 4.74 Å². The lowest BCUT2D eigenvalue weighted by atomic mass is 10.1. The summed E-state index contributed by atoms with van der Waals surface area (Å²) in [4.78, 5) is 14.8. The van der Waals surface area contributed by atoms with Crippen molar-refractivity contribution in [3.05, 3.63) is 29.8 Å². The fraction of sp³-hybridized carbons (Fsp3) is 0.611. The molecule has 21 heavy (non-hydrogen) atoms. The van der Waals surface area contributed by atoms with Gasteiger partial charge in [0.2, 0.25) is 0 Å². The maximum atomic E-state index is 12.6. The summed E-state index contributed by atoms with van der Waals surface area (Å²) >= 11 is 0. The van der Waals surface area contributed by atoms with Crippen molar-refractivity contribution in [1.82, 2.24) is 4.90 Å². The minimum absolute atomic E-state index is 0.158. The summed E-state index contributed by atoms with van der Waals surface area (Å²) in [5.41, 5.74) is 0.708. The standard InChI is InChI=1S/C18H27NO2/c1-3-21-18-13-9-8-12-16(18)17(20)14-19(2)15-10-6-4-5-7-11-15/h8-9,12-13,15H,3-7,10-11,14H2,1-2H3. The smallest absolute Gasteiger partial charge is 0.180 e. The summed E-state index contributed by atoms with van der Waals surface area (Å²) in [6.45, 7) is 3.01. The molecule has 0 N–H and O–H groups in total. The molecule has 0 unspecified atom stereocenters. The number of ketones is 1. The van der Waals surface area contributed by atoms with E-state index in [1.807, 2.05) is 31.2 Å². The second-order valence-corrected chi connectivity index (χ2v) is 5.91. The number of hydrogen-bond donors (Lipinski definition) is 0. The molecule has 0 amide bonds. The van der Waals surface area contributed by atoms with Gasteiger partial charge in [-0.15, -0.1) is 0 Å². The van der Waals surface area contributed by atoms with Gasteiger partial charge in [-0.2, -0.15) is 0 Å². The van der Waals surface area contributed by atoms with Crippen LogP contribution in [0.3, 0.4) is 0 Å². The largest absolute Gasteiger partial charge is 0.493 e. The highest BCUT2D eigenvalue weighted by atomic mass is 16.5. The normalized spacial score (nSPS) is 16.7. The van der Waals surface area contributed by atoms with Gasteiger partial charge in [-0.1, -0.05) is 37.8 Å². The second-order valence-electron chi connectivity index (χ2n) is 5.91. The molecule has 0 bridgehead atoms. The molecule has 0 heterocycles. The molecule has 0 radical (unpaired) electrons. The summed E-state index contributed by atoms with van der Waals surface area (Å²) in [7, 11) is 2.08. The molecule has 1 aromatic carbocycles. The van der Waals surface area contributed by atoms with Gasteiger partial charge in [0, 0.05) is 6.04 Å². The van der Waals surface area contributed by atoms with E-state index in [0.29, 0.717) is 30.5 Å². The van der Waals surface area contributed by atoms with Crippen LogP contribution in [0.15, 0.2) is 24.3 Å². The number of benzene rings is 1. The summed E-state index contributed by atoms with van der Waals surface area (Å²) in [6, 6.07) is 8.12. The molecule has 1 fully saturated rings. The maximum Gasteiger partial charge on any atom is 0.180 e. The third-order valence-electron chi connectivity index (χ3n) is 4.33. The second kappa shape index (κ2) is 8.18. The Labute approximate surface area is 128 Å². The van der Waals surface area contributed by atoms with E-state index in [1.165, 1.54) is 38.5 Å². The monoisotopic (exact) mass is 289 g/mol. The number of para-hydroxylation sites is 1. The Morgan fingerprint density at radius 3 is 2.52 bits per heavy atom.